The van der Waals surface area contributed by atoms with Crippen LogP contribution in [-0.2, 0) is 35.4 Å². The zero-order valence-electron chi connectivity index (χ0n) is 31.0. The van der Waals surface area contributed by atoms with E-state index in [9.17, 15) is 14.7 Å². The largest absolute Gasteiger partial charge is 0.676 e. The first-order valence-electron chi connectivity index (χ1n) is 18.9. The minimum atomic E-state index is -1.27. The molecular formula is C40H64N3O5Pt-3. The first kappa shape index (κ1) is 42.1. The van der Waals surface area contributed by atoms with Crippen LogP contribution in [0.1, 0.15) is 112 Å². The van der Waals surface area contributed by atoms with Crippen molar-refractivity contribution >= 4 is 11.9 Å². The Hall–Kier alpha value is -1.31. The Bertz CT molecular complexity index is 1180. The molecule has 10 atom stereocenters. The number of nitrogens with zero attached hydrogens (tertiary/aromatic N) is 1. The molecule has 0 bridgehead atoms. The summed E-state index contributed by atoms with van der Waals surface area (Å²) in [5.74, 6) is 1.65. The zero-order chi connectivity index (χ0) is 35.2. The van der Waals surface area contributed by atoms with E-state index < -0.39 is 18.5 Å². The molecule has 4 fully saturated rings. The Balaban J connectivity index is 0.000000634. The number of allylic oxidation sites excluding steroid dienone is 5. The Labute approximate surface area is 311 Å². The third kappa shape index (κ3) is 10.4. The third-order valence-electron chi connectivity index (χ3n) is 13.2. The van der Waals surface area contributed by atoms with Gasteiger partial charge in [0.1, 0.15) is 0 Å². The Morgan fingerprint density at radius 3 is 2.22 bits per heavy atom. The van der Waals surface area contributed by atoms with Crippen molar-refractivity contribution in [1.82, 2.24) is 4.90 Å². The number of hydrogen-bond acceptors (Lipinski definition) is 5. The monoisotopic (exact) mass is 861 g/mol. The van der Waals surface area contributed by atoms with Crippen LogP contribution in [0.5, 0.6) is 0 Å². The van der Waals surface area contributed by atoms with E-state index in [-0.39, 0.29) is 57.8 Å². The molecule has 0 saturated heterocycles. The maximum absolute atomic E-state index is 11.1. The van der Waals surface area contributed by atoms with Crippen LogP contribution in [0.2, 0.25) is 0 Å². The summed E-state index contributed by atoms with van der Waals surface area (Å²) in [6.07, 6.45) is 22.4. The van der Waals surface area contributed by atoms with E-state index in [1.165, 1.54) is 49.0 Å². The summed E-state index contributed by atoms with van der Waals surface area (Å²) in [5.41, 5.74) is 18.3. The van der Waals surface area contributed by atoms with Gasteiger partial charge in [-0.1, -0.05) is 103 Å². The molecule has 0 radical (unpaired) electrons. The van der Waals surface area contributed by atoms with Crippen molar-refractivity contribution in [3.8, 4) is 0 Å². The summed E-state index contributed by atoms with van der Waals surface area (Å²) in [4.78, 5) is 23.4. The molecule has 8 nitrogen and oxygen atoms in total. The average molecular weight is 862 g/mol. The first-order chi connectivity index (χ1) is 22.7. The van der Waals surface area contributed by atoms with Crippen molar-refractivity contribution < 1.29 is 45.6 Å². The molecule has 2 unspecified atom stereocenters. The normalized spacial score (nSPS) is 35.1. The van der Waals surface area contributed by atoms with Crippen LogP contribution in [0.15, 0.2) is 35.5 Å². The van der Waals surface area contributed by atoms with E-state index in [0.717, 1.165) is 38.0 Å². The summed E-state index contributed by atoms with van der Waals surface area (Å²) in [6, 6.07) is -0.160. The number of carboxylic acids is 2. The predicted octanol–water partition coefficient (Wildman–Crippen LogP) is 7.89. The number of carbonyl (C=O) groups excluding carboxylic acids is 1. The molecule has 0 aromatic rings. The summed E-state index contributed by atoms with van der Waals surface area (Å²) in [5, 5.41) is 20.0. The van der Waals surface area contributed by atoms with Gasteiger partial charge < -0.3 is 31.2 Å². The van der Waals surface area contributed by atoms with Gasteiger partial charge in [0.2, 0.25) is 0 Å². The molecule has 4 saturated carbocycles. The first-order valence-corrected chi connectivity index (χ1v) is 18.9. The molecule has 5 aliphatic carbocycles. The van der Waals surface area contributed by atoms with E-state index in [2.05, 4.69) is 65.8 Å². The standard InChI is InChI=1S/C34H53NO5.C6H12N2.Pt/c1-22(2)23(3)7-8-24(4)28-11-12-29-27-10-9-25-19-26(40-18-17-35(20-31(36)37)21-32(38)39)13-15-33(25,5)30(27)14-16-34(28,29)6;7-5-3-1-2-4-6(5)8;/h7-10,22-24,26,28-30H,11-21H2,1-6H3,(H,36,37)(H,38,39);5-8H,1-4H2;/q;-2;/p-1/b8-7+;;/t23-,24+,26-,28+,29?,30?,33+,34+;5-,6-;/m01./s1. The van der Waals surface area contributed by atoms with Gasteiger partial charge >= 0.3 is 5.97 Å². The van der Waals surface area contributed by atoms with Crippen molar-refractivity contribution in [3.63, 3.8) is 0 Å². The smallest absolute Gasteiger partial charge is 0.317 e. The Morgan fingerprint density at radius 1 is 0.959 bits per heavy atom. The van der Waals surface area contributed by atoms with Crippen LogP contribution in [0, 0.1) is 46.3 Å². The third-order valence-corrected chi connectivity index (χ3v) is 13.2. The summed E-state index contributed by atoms with van der Waals surface area (Å²) < 4.78 is 6.17. The fourth-order valence-electron chi connectivity index (χ4n) is 9.79. The van der Waals surface area contributed by atoms with Crippen molar-refractivity contribution in [1.29, 1.82) is 0 Å². The van der Waals surface area contributed by atoms with Gasteiger partial charge in [-0.25, -0.2) is 0 Å². The molecule has 5 aliphatic rings. The maximum atomic E-state index is 11.1. The number of aliphatic carboxylic acids is 2. The van der Waals surface area contributed by atoms with E-state index in [4.69, 9.17) is 21.3 Å². The minimum Gasteiger partial charge on any atom is -0.676 e. The predicted molar refractivity (Wildman–Crippen MR) is 191 cm³/mol. The topological polar surface area (TPSA) is 138 Å². The maximum Gasteiger partial charge on any atom is 0.317 e. The zero-order valence-corrected chi connectivity index (χ0v) is 33.2. The van der Waals surface area contributed by atoms with Gasteiger partial charge in [0.05, 0.1) is 25.2 Å². The summed E-state index contributed by atoms with van der Waals surface area (Å²) >= 11 is 0. The van der Waals surface area contributed by atoms with Gasteiger partial charge in [-0.3, -0.25) is 9.69 Å². The molecule has 49 heavy (non-hydrogen) atoms. The molecule has 0 amide bonds. The minimum absolute atomic E-state index is 0. The molecule has 9 heteroatoms. The number of ether oxygens (including phenoxy) is 1. The molecule has 0 spiro atoms. The van der Waals surface area contributed by atoms with Gasteiger partial charge in [-0.15, -0.1) is 0 Å². The van der Waals surface area contributed by atoms with Crippen LogP contribution in [-0.4, -0.2) is 66.4 Å². The number of fused-ring (bicyclic) bond motifs is 5. The average Bonchev–Trinajstić information content (AvgIpc) is 3.38. The van der Waals surface area contributed by atoms with Crippen LogP contribution >= 0.6 is 0 Å². The van der Waals surface area contributed by atoms with Crippen molar-refractivity contribution in [3.05, 3.63) is 46.9 Å². The van der Waals surface area contributed by atoms with Crippen LogP contribution in [0.3, 0.4) is 0 Å². The van der Waals surface area contributed by atoms with Crippen LogP contribution in [0.25, 0.3) is 11.5 Å². The van der Waals surface area contributed by atoms with Gasteiger partial charge in [-0.05, 0) is 91.3 Å². The number of nitrogens with one attached hydrogen (secondary N) is 2. The van der Waals surface area contributed by atoms with E-state index in [0.29, 0.717) is 41.6 Å². The number of carbonyl (C=O) groups is 2. The molecule has 0 aromatic carbocycles. The number of hydrogen-bond donors (Lipinski definition) is 1. The van der Waals surface area contributed by atoms with Crippen LogP contribution < -0.4 is 5.11 Å². The molecule has 282 valence electrons. The van der Waals surface area contributed by atoms with Crippen molar-refractivity contribution in [2.24, 2.45) is 46.3 Å². The van der Waals surface area contributed by atoms with Crippen molar-refractivity contribution in [2.45, 2.75) is 130 Å². The second-order valence-corrected chi connectivity index (χ2v) is 16.7. The van der Waals surface area contributed by atoms with E-state index in [1.807, 2.05) is 0 Å². The van der Waals surface area contributed by atoms with Gasteiger partial charge in [-0.2, -0.15) is 12.1 Å². The molecule has 5 rings (SSSR count). The van der Waals surface area contributed by atoms with Gasteiger partial charge in [0.15, 0.2) is 0 Å². The molecule has 0 heterocycles. The second-order valence-electron chi connectivity index (χ2n) is 16.7. The number of carboxylic acid groups (broad SMARTS) is 2. The van der Waals surface area contributed by atoms with Gasteiger partial charge in [0.25, 0.3) is 0 Å². The Kier molecular flexibility index (Phi) is 15.8. The number of rotatable bonds is 12. The van der Waals surface area contributed by atoms with E-state index >= 15 is 0 Å². The Morgan fingerprint density at radius 2 is 1.63 bits per heavy atom. The van der Waals surface area contributed by atoms with Crippen molar-refractivity contribution in [2.75, 3.05) is 26.2 Å². The SMILES string of the molecule is CC(C)[C@@H](C)/C=C/[C@@H](C)[C@H]1CCC2C3=CC=C4C[C@@H](OCCN(CC(=O)[O-])CC(=O)O)CC[C@@]4(C)C3CC[C@@]21C.[NH-][C@@H]1CCCC[C@H]1[NH-].[Pt]. The molecule has 0 aromatic heterocycles. The van der Waals surface area contributed by atoms with Gasteiger partial charge in [0, 0.05) is 34.2 Å². The second kappa shape index (κ2) is 18.4. The summed E-state index contributed by atoms with van der Waals surface area (Å²) in [7, 11) is 0. The molecule has 0 aliphatic heterocycles. The van der Waals surface area contributed by atoms with E-state index in [1.54, 1.807) is 5.57 Å². The fraction of sp³-hybridized carbons (Fsp3) is 0.800. The summed E-state index contributed by atoms with van der Waals surface area (Å²) in [6.45, 7) is 14.3. The van der Waals surface area contributed by atoms with Crippen LogP contribution in [0.4, 0.5) is 0 Å². The molecule has 3 N–H and O–H groups in total. The fourth-order valence-corrected chi connectivity index (χ4v) is 9.79. The molecular weight excluding hydrogens is 798 g/mol. The quantitative estimate of drug-likeness (QED) is 0.198.